The van der Waals surface area contributed by atoms with Gasteiger partial charge in [0, 0.05) is 18.5 Å². The van der Waals surface area contributed by atoms with Crippen molar-refractivity contribution in [2.24, 2.45) is 0 Å². The Bertz CT molecular complexity index is 488. The Morgan fingerprint density at radius 1 is 1.28 bits per heavy atom. The van der Waals surface area contributed by atoms with Crippen molar-refractivity contribution in [1.82, 2.24) is 5.32 Å². The SMILES string of the molecule is COc1ccc(C(=O)NCCc2ccco2)cc1. The molecule has 2 rings (SSSR count). The number of rotatable bonds is 5. The monoisotopic (exact) mass is 245 g/mol. The first kappa shape index (κ1) is 12.2. The van der Waals surface area contributed by atoms with Crippen LogP contribution in [0.25, 0.3) is 0 Å². The molecule has 0 aliphatic heterocycles. The number of furan rings is 1. The number of nitrogens with one attached hydrogen (secondary N) is 1. The average Bonchev–Trinajstić information content (AvgIpc) is 2.92. The summed E-state index contributed by atoms with van der Waals surface area (Å²) in [5.74, 6) is 1.51. The molecule has 18 heavy (non-hydrogen) atoms. The van der Waals surface area contributed by atoms with Crippen molar-refractivity contribution in [3.05, 3.63) is 54.0 Å². The van der Waals surface area contributed by atoms with Gasteiger partial charge in [-0.3, -0.25) is 4.79 Å². The van der Waals surface area contributed by atoms with Crippen LogP contribution in [-0.4, -0.2) is 19.6 Å². The van der Waals surface area contributed by atoms with Gasteiger partial charge in [0.1, 0.15) is 11.5 Å². The van der Waals surface area contributed by atoms with Crippen LogP contribution in [-0.2, 0) is 6.42 Å². The number of carbonyl (C=O) groups excluding carboxylic acids is 1. The fraction of sp³-hybridized carbons (Fsp3) is 0.214. The molecule has 1 aromatic heterocycles. The molecule has 0 saturated heterocycles. The summed E-state index contributed by atoms with van der Waals surface area (Å²) in [4.78, 5) is 11.8. The van der Waals surface area contributed by atoms with Crippen molar-refractivity contribution in [3.8, 4) is 5.75 Å². The van der Waals surface area contributed by atoms with Crippen molar-refractivity contribution in [1.29, 1.82) is 0 Å². The fourth-order valence-corrected chi connectivity index (χ4v) is 1.60. The van der Waals surface area contributed by atoms with Crippen LogP contribution in [0, 0.1) is 0 Å². The lowest BCUT2D eigenvalue weighted by Gasteiger charge is -2.05. The summed E-state index contributed by atoms with van der Waals surface area (Å²) < 4.78 is 10.2. The van der Waals surface area contributed by atoms with Gasteiger partial charge in [-0.2, -0.15) is 0 Å². The van der Waals surface area contributed by atoms with E-state index < -0.39 is 0 Å². The Morgan fingerprint density at radius 3 is 2.67 bits per heavy atom. The van der Waals surface area contributed by atoms with E-state index in [0.29, 0.717) is 18.5 Å². The molecule has 0 radical (unpaired) electrons. The largest absolute Gasteiger partial charge is 0.497 e. The second kappa shape index (κ2) is 5.91. The van der Waals surface area contributed by atoms with Crippen molar-refractivity contribution in [2.45, 2.75) is 6.42 Å². The van der Waals surface area contributed by atoms with Crippen LogP contribution < -0.4 is 10.1 Å². The van der Waals surface area contributed by atoms with Gasteiger partial charge in [-0.25, -0.2) is 0 Å². The van der Waals surface area contributed by atoms with Gasteiger partial charge in [0.2, 0.25) is 0 Å². The minimum absolute atomic E-state index is 0.0933. The first-order valence-corrected chi connectivity index (χ1v) is 5.74. The third kappa shape index (κ3) is 3.13. The molecular weight excluding hydrogens is 230 g/mol. The van der Waals surface area contributed by atoms with Gasteiger partial charge in [-0.05, 0) is 36.4 Å². The number of ether oxygens (including phenoxy) is 1. The van der Waals surface area contributed by atoms with E-state index in [4.69, 9.17) is 9.15 Å². The van der Waals surface area contributed by atoms with Crippen LogP contribution in [0.3, 0.4) is 0 Å². The molecule has 1 N–H and O–H groups in total. The first-order chi connectivity index (χ1) is 8.79. The number of amides is 1. The molecule has 0 fully saturated rings. The summed E-state index contributed by atoms with van der Waals surface area (Å²) in [5, 5.41) is 2.83. The van der Waals surface area contributed by atoms with Crippen LogP contribution in [0.1, 0.15) is 16.1 Å². The molecule has 0 aliphatic carbocycles. The van der Waals surface area contributed by atoms with Crippen LogP contribution >= 0.6 is 0 Å². The number of hydrogen-bond acceptors (Lipinski definition) is 3. The molecule has 94 valence electrons. The molecule has 0 atom stereocenters. The van der Waals surface area contributed by atoms with E-state index in [1.54, 1.807) is 37.6 Å². The van der Waals surface area contributed by atoms with E-state index in [2.05, 4.69) is 5.32 Å². The topological polar surface area (TPSA) is 51.5 Å². The highest BCUT2D eigenvalue weighted by molar-refractivity contribution is 5.94. The lowest BCUT2D eigenvalue weighted by molar-refractivity contribution is 0.0953. The predicted molar refractivity (Wildman–Crippen MR) is 67.7 cm³/mol. The molecule has 0 unspecified atom stereocenters. The molecule has 4 heteroatoms. The number of benzene rings is 1. The maximum atomic E-state index is 11.8. The molecule has 4 nitrogen and oxygen atoms in total. The highest BCUT2D eigenvalue weighted by Crippen LogP contribution is 2.11. The Morgan fingerprint density at radius 2 is 2.06 bits per heavy atom. The Balaban J connectivity index is 1.83. The van der Waals surface area contributed by atoms with Gasteiger partial charge in [-0.1, -0.05) is 0 Å². The molecule has 1 aromatic carbocycles. The van der Waals surface area contributed by atoms with E-state index in [1.807, 2.05) is 12.1 Å². The molecular formula is C14H15NO3. The van der Waals surface area contributed by atoms with E-state index in [1.165, 1.54) is 0 Å². The van der Waals surface area contributed by atoms with Crippen molar-refractivity contribution < 1.29 is 13.9 Å². The molecule has 0 spiro atoms. The van der Waals surface area contributed by atoms with Crippen LogP contribution in [0.2, 0.25) is 0 Å². The summed E-state index contributed by atoms with van der Waals surface area (Å²) in [6.07, 6.45) is 2.32. The smallest absolute Gasteiger partial charge is 0.251 e. The van der Waals surface area contributed by atoms with Crippen LogP contribution in [0.4, 0.5) is 0 Å². The van der Waals surface area contributed by atoms with Gasteiger partial charge >= 0.3 is 0 Å². The maximum Gasteiger partial charge on any atom is 0.251 e. The second-order valence-electron chi connectivity index (χ2n) is 3.81. The summed E-state index contributed by atoms with van der Waals surface area (Å²) in [6.45, 7) is 0.554. The predicted octanol–water partition coefficient (Wildman–Crippen LogP) is 2.26. The minimum atomic E-state index is -0.0933. The van der Waals surface area contributed by atoms with Crippen molar-refractivity contribution in [2.75, 3.05) is 13.7 Å². The Kier molecular flexibility index (Phi) is 4.02. The number of methoxy groups -OCH3 is 1. The molecule has 2 aromatic rings. The normalized spacial score (nSPS) is 10.1. The third-order valence-corrected chi connectivity index (χ3v) is 2.59. The van der Waals surface area contributed by atoms with Crippen LogP contribution in [0.15, 0.2) is 47.1 Å². The highest BCUT2D eigenvalue weighted by atomic mass is 16.5. The zero-order valence-corrected chi connectivity index (χ0v) is 10.2. The molecule has 0 saturated carbocycles. The quantitative estimate of drug-likeness (QED) is 0.879. The summed E-state index contributed by atoms with van der Waals surface area (Å²) in [7, 11) is 1.60. The molecule has 0 aliphatic rings. The summed E-state index contributed by atoms with van der Waals surface area (Å²) >= 11 is 0. The van der Waals surface area contributed by atoms with Gasteiger partial charge in [-0.15, -0.1) is 0 Å². The van der Waals surface area contributed by atoms with Gasteiger partial charge in [0.25, 0.3) is 5.91 Å². The van der Waals surface area contributed by atoms with Crippen LogP contribution in [0.5, 0.6) is 5.75 Å². The minimum Gasteiger partial charge on any atom is -0.497 e. The highest BCUT2D eigenvalue weighted by Gasteiger charge is 2.05. The second-order valence-corrected chi connectivity index (χ2v) is 3.81. The third-order valence-electron chi connectivity index (χ3n) is 2.59. The Hall–Kier alpha value is -2.23. The lowest BCUT2D eigenvalue weighted by atomic mass is 10.2. The average molecular weight is 245 g/mol. The molecule has 0 bridgehead atoms. The summed E-state index contributed by atoms with van der Waals surface area (Å²) in [5.41, 5.74) is 0.621. The Labute approximate surface area is 106 Å². The zero-order valence-electron chi connectivity index (χ0n) is 10.2. The standard InChI is InChI=1S/C14H15NO3/c1-17-12-6-4-11(5-7-12)14(16)15-9-8-13-3-2-10-18-13/h2-7,10H,8-9H2,1H3,(H,15,16). The zero-order chi connectivity index (χ0) is 12.8. The number of carbonyl (C=O) groups is 1. The first-order valence-electron chi connectivity index (χ1n) is 5.74. The van der Waals surface area contributed by atoms with Crippen molar-refractivity contribution >= 4 is 5.91 Å². The van der Waals surface area contributed by atoms with Gasteiger partial charge in [0.15, 0.2) is 0 Å². The fourth-order valence-electron chi connectivity index (χ4n) is 1.60. The van der Waals surface area contributed by atoms with Crippen molar-refractivity contribution in [3.63, 3.8) is 0 Å². The molecule has 1 amide bonds. The number of hydrogen-bond donors (Lipinski definition) is 1. The van der Waals surface area contributed by atoms with E-state index in [0.717, 1.165) is 11.5 Å². The molecule has 1 heterocycles. The van der Waals surface area contributed by atoms with Gasteiger partial charge < -0.3 is 14.5 Å². The van der Waals surface area contributed by atoms with E-state index in [9.17, 15) is 4.79 Å². The van der Waals surface area contributed by atoms with E-state index in [-0.39, 0.29) is 5.91 Å². The lowest BCUT2D eigenvalue weighted by Crippen LogP contribution is -2.25. The summed E-state index contributed by atoms with van der Waals surface area (Å²) in [6, 6.07) is 10.7. The van der Waals surface area contributed by atoms with E-state index >= 15 is 0 Å². The van der Waals surface area contributed by atoms with Gasteiger partial charge in [0.05, 0.1) is 13.4 Å². The maximum absolute atomic E-state index is 11.8.